The molecule has 3 N–H and O–H groups in total. The van der Waals surface area contributed by atoms with Crippen LogP contribution in [0.15, 0.2) is 11.1 Å². The van der Waals surface area contributed by atoms with E-state index >= 15 is 0 Å². The lowest BCUT2D eigenvalue weighted by atomic mass is 10.3. The van der Waals surface area contributed by atoms with Crippen LogP contribution < -0.4 is 11.3 Å². The molecule has 0 amide bonds. The van der Waals surface area contributed by atoms with E-state index in [2.05, 4.69) is 15.1 Å². The number of nitrogens with two attached hydrogens (primary N) is 1. The Morgan fingerprint density at radius 2 is 2.21 bits per heavy atom. The van der Waals surface area contributed by atoms with Crippen molar-refractivity contribution in [1.29, 1.82) is 0 Å². The molecule has 0 aliphatic heterocycles. The molecule has 0 bridgehead atoms. The van der Waals surface area contributed by atoms with Crippen LogP contribution in [-0.4, -0.2) is 19.7 Å². The van der Waals surface area contributed by atoms with Crippen molar-refractivity contribution in [1.82, 2.24) is 19.7 Å². The van der Waals surface area contributed by atoms with Crippen molar-refractivity contribution >= 4 is 16.9 Å². The fraction of sp³-hybridized carbons (Fsp3) is 0.375. The van der Waals surface area contributed by atoms with E-state index < -0.39 is 0 Å². The topological polar surface area (TPSA) is 89.6 Å². The molecule has 6 nitrogen and oxygen atoms in total. The van der Waals surface area contributed by atoms with Gasteiger partial charge < -0.3 is 5.73 Å². The van der Waals surface area contributed by atoms with Crippen molar-refractivity contribution in [2.24, 2.45) is 0 Å². The minimum Gasteiger partial charge on any atom is -0.383 e. The maximum Gasteiger partial charge on any atom is 0.277 e. The van der Waals surface area contributed by atoms with E-state index in [1.54, 1.807) is 4.68 Å². The molecular weight excluding hydrogens is 182 g/mol. The Hall–Kier alpha value is -1.85. The fourth-order valence-corrected chi connectivity index (χ4v) is 1.38. The number of nitrogens with zero attached hydrogens (tertiary/aromatic N) is 3. The highest BCUT2D eigenvalue weighted by Gasteiger charge is 2.12. The van der Waals surface area contributed by atoms with Gasteiger partial charge in [-0.15, -0.1) is 0 Å². The molecule has 0 saturated carbocycles. The second-order valence-corrected chi connectivity index (χ2v) is 3.36. The summed E-state index contributed by atoms with van der Waals surface area (Å²) in [6, 6.07) is 0.134. The van der Waals surface area contributed by atoms with Crippen molar-refractivity contribution in [2.75, 3.05) is 5.73 Å². The number of aromatic nitrogens is 4. The number of hydrogen-bond acceptors (Lipinski definition) is 4. The Balaban J connectivity index is 2.91. The zero-order chi connectivity index (χ0) is 10.3. The summed E-state index contributed by atoms with van der Waals surface area (Å²) >= 11 is 0. The molecule has 0 aromatic carbocycles. The highest BCUT2D eigenvalue weighted by atomic mass is 16.1. The number of anilines is 1. The van der Waals surface area contributed by atoms with Gasteiger partial charge in [0.15, 0.2) is 5.65 Å². The SMILES string of the molecule is CC(C)n1[nH]c(=O)c2c(N)ncnc21. The van der Waals surface area contributed by atoms with Gasteiger partial charge in [0.25, 0.3) is 5.56 Å². The molecule has 2 aromatic heterocycles. The van der Waals surface area contributed by atoms with Crippen LogP contribution in [0.1, 0.15) is 19.9 Å². The first-order valence-corrected chi connectivity index (χ1v) is 4.32. The van der Waals surface area contributed by atoms with E-state index in [1.165, 1.54) is 6.33 Å². The molecule has 0 spiro atoms. The van der Waals surface area contributed by atoms with Gasteiger partial charge in [0.05, 0.1) is 0 Å². The summed E-state index contributed by atoms with van der Waals surface area (Å²) in [4.78, 5) is 19.3. The first kappa shape index (κ1) is 8.74. The van der Waals surface area contributed by atoms with E-state index in [4.69, 9.17) is 5.73 Å². The predicted molar refractivity (Wildman–Crippen MR) is 52.9 cm³/mol. The third-order valence-electron chi connectivity index (χ3n) is 2.05. The summed E-state index contributed by atoms with van der Waals surface area (Å²) in [5.74, 6) is 0.218. The maximum atomic E-state index is 11.5. The molecule has 0 fully saturated rings. The van der Waals surface area contributed by atoms with E-state index in [9.17, 15) is 4.79 Å². The Bertz CT molecular complexity index is 524. The van der Waals surface area contributed by atoms with Crippen molar-refractivity contribution < 1.29 is 0 Å². The van der Waals surface area contributed by atoms with Gasteiger partial charge in [-0.1, -0.05) is 0 Å². The quantitative estimate of drug-likeness (QED) is 0.680. The van der Waals surface area contributed by atoms with Crippen LogP contribution in [0.3, 0.4) is 0 Å². The number of nitrogen functional groups attached to an aromatic ring is 1. The van der Waals surface area contributed by atoms with Crippen molar-refractivity contribution in [3.63, 3.8) is 0 Å². The molecule has 6 heteroatoms. The summed E-state index contributed by atoms with van der Waals surface area (Å²) < 4.78 is 1.68. The number of fused-ring (bicyclic) bond motifs is 1. The molecule has 0 radical (unpaired) electrons. The molecule has 74 valence electrons. The number of hydrogen-bond donors (Lipinski definition) is 2. The van der Waals surface area contributed by atoms with Crippen LogP contribution in [0.4, 0.5) is 5.82 Å². The van der Waals surface area contributed by atoms with Gasteiger partial charge in [-0.2, -0.15) is 0 Å². The third kappa shape index (κ3) is 1.07. The van der Waals surface area contributed by atoms with E-state index in [0.29, 0.717) is 11.0 Å². The summed E-state index contributed by atoms with van der Waals surface area (Å²) in [5, 5.41) is 3.03. The number of rotatable bonds is 1. The first-order chi connectivity index (χ1) is 6.61. The Morgan fingerprint density at radius 1 is 1.50 bits per heavy atom. The number of nitrogens with one attached hydrogen (secondary N) is 1. The van der Waals surface area contributed by atoms with Gasteiger partial charge in [0, 0.05) is 6.04 Å². The first-order valence-electron chi connectivity index (χ1n) is 4.32. The number of H-pyrrole nitrogens is 1. The third-order valence-corrected chi connectivity index (χ3v) is 2.05. The van der Waals surface area contributed by atoms with Gasteiger partial charge in [-0.3, -0.25) is 14.6 Å². The standard InChI is InChI=1S/C8H11N5O/c1-4(2)13-7-5(8(14)12-13)6(9)10-3-11-7/h3-4H,1-2H3,(H,12,14)(H2,9,10,11). The van der Waals surface area contributed by atoms with Crippen LogP contribution in [0, 0.1) is 0 Å². The molecule has 2 heterocycles. The molecule has 0 aliphatic carbocycles. The molecule has 14 heavy (non-hydrogen) atoms. The summed E-state index contributed by atoms with van der Waals surface area (Å²) in [6.07, 6.45) is 1.35. The monoisotopic (exact) mass is 193 g/mol. The maximum absolute atomic E-state index is 11.5. The minimum absolute atomic E-state index is 0.134. The lowest BCUT2D eigenvalue weighted by Gasteiger charge is -2.06. The normalized spacial score (nSPS) is 11.4. The van der Waals surface area contributed by atoms with E-state index in [1.807, 2.05) is 13.8 Å². The van der Waals surface area contributed by atoms with Gasteiger partial charge in [-0.25, -0.2) is 9.97 Å². The van der Waals surface area contributed by atoms with Crippen LogP contribution in [-0.2, 0) is 0 Å². The van der Waals surface area contributed by atoms with Crippen molar-refractivity contribution in [3.8, 4) is 0 Å². The predicted octanol–water partition coefficient (Wildman–Crippen LogP) is 0.283. The molecule has 2 aromatic rings. The zero-order valence-electron chi connectivity index (χ0n) is 7.98. The van der Waals surface area contributed by atoms with Gasteiger partial charge in [-0.05, 0) is 13.8 Å². The van der Waals surface area contributed by atoms with Crippen LogP contribution in [0.25, 0.3) is 11.0 Å². The van der Waals surface area contributed by atoms with Crippen LogP contribution in [0.2, 0.25) is 0 Å². The smallest absolute Gasteiger partial charge is 0.277 e. The zero-order valence-corrected chi connectivity index (χ0v) is 7.98. The van der Waals surface area contributed by atoms with Gasteiger partial charge in [0.1, 0.15) is 17.5 Å². The van der Waals surface area contributed by atoms with Crippen molar-refractivity contribution in [2.45, 2.75) is 19.9 Å². The minimum atomic E-state index is -0.244. The van der Waals surface area contributed by atoms with Crippen molar-refractivity contribution in [3.05, 3.63) is 16.7 Å². The Labute approximate surface area is 79.8 Å². The number of aromatic amines is 1. The molecule has 0 saturated heterocycles. The summed E-state index contributed by atoms with van der Waals surface area (Å²) in [5.41, 5.74) is 5.90. The van der Waals surface area contributed by atoms with E-state index in [0.717, 1.165) is 0 Å². The lowest BCUT2D eigenvalue weighted by Crippen LogP contribution is -2.07. The average molecular weight is 193 g/mol. The van der Waals surface area contributed by atoms with Gasteiger partial charge >= 0.3 is 0 Å². The molecule has 0 unspecified atom stereocenters. The fourth-order valence-electron chi connectivity index (χ4n) is 1.38. The van der Waals surface area contributed by atoms with Crippen LogP contribution in [0.5, 0.6) is 0 Å². The highest BCUT2D eigenvalue weighted by Crippen LogP contribution is 2.14. The van der Waals surface area contributed by atoms with Gasteiger partial charge in [0.2, 0.25) is 0 Å². The second kappa shape index (κ2) is 2.83. The summed E-state index contributed by atoms with van der Waals surface area (Å²) in [7, 11) is 0. The Kier molecular flexibility index (Phi) is 1.77. The largest absolute Gasteiger partial charge is 0.383 e. The highest BCUT2D eigenvalue weighted by molar-refractivity contribution is 5.84. The average Bonchev–Trinajstić information content (AvgIpc) is 2.45. The molecular formula is C8H11N5O. The molecule has 0 aliphatic rings. The summed E-state index contributed by atoms with van der Waals surface area (Å²) in [6.45, 7) is 3.90. The second-order valence-electron chi connectivity index (χ2n) is 3.36. The Morgan fingerprint density at radius 3 is 2.86 bits per heavy atom. The lowest BCUT2D eigenvalue weighted by molar-refractivity contribution is 0.542. The van der Waals surface area contributed by atoms with E-state index in [-0.39, 0.29) is 17.4 Å². The van der Waals surface area contributed by atoms with Crippen LogP contribution >= 0.6 is 0 Å². The molecule has 0 atom stereocenters. The molecule has 2 rings (SSSR count).